The first-order valence-corrected chi connectivity index (χ1v) is 9.47. The molecule has 3 aromatic heterocycles. The molecular weight excluding hydrogens is 338 g/mol. The van der Waals surface area contributed by atoms with Gasteiger partial charge in [0.1, 0.15) is 0 Å². The summed E-state index contributed by atoms with van der Waals surface area (Å²) in [5.74, 6) is 0.271. The number of hydrogen-bond acceptors (Lipinski definition) is 4. The van der Waals surface area contributed by atoms with Gasteiger partial charge in [0, 0.05) is 54.6 Å². The Labute approximate surface area is 160 Å². The Morgan fingerprint density at radius 1 is 1.26 bits per heavy atom. The minimum absolute atomic E-state index is 0.0300. The van der Waals surface area contributed by atoms with Crippen LogP contribution in [0.4, 0.5) is 0 Å². The lowest BCUT2D eigenvalue weighted by Crippen LogP contribution is -2.19. The maximum atomic E-state index is 11.9. The van der Waals surface area contributed by atoms with Crippen LogP contribution in [0.2, 0.25) is 0 Å². The van der Waals surface area contributed by atoms with Crippen LogP contribution in [0.1, 0.15) is 49.9 Å². The van der Waals surface area contributed by atoms with Gasteiger partial charge in [-0.25, -0.2) is 9.67 Å². The molecule has 0 fully saturated rings. The second-order valence-electron chi connectivity index (χ2n) is 7.13. The molecule has 142 valence electrons. The topological polar surface area (TPSA) is 72.7 Å². The van der Waals surface area contributed by atoms with Crippen LogP contribution in [0.15, 0.2) is 24.7 Å². The van der Waals surface area contributed by atoms with Gasteiger partial charge in [-0.15, -0.1) is 0 Å². The van der Waals surface area contributed by atoms with Crippen LogP contribution in [-0.4, -0.2) is 32.7 Å². The summed E-state index contributed by atoms with van der Waals surface area (Å²) in [6.07, 6.45) is 6.69. The predicted octanol–water partition coefficient (Wildman–Crippen LogP) is 3.62. The molecule has 0 saturated carbocycles. The van der Waals surface area contributed by atoms with Gasteiger partial charge in [0.15, 0.2) is 5.65 Å². The zero-order valence-corrected chi connectivity index (χ0v) is 16.7. The van der Waals surface area contributed by atoms with E-state index in [2.05, 4.69) is 42.2 Å². The molecule has 3 aromatic rings. The molecule has 0 spiro atoms. The third-order valence-corrected chi connectivity index (χ3v) is 4.81. The average Bonchev–Trinajstić information content (AvgIpc) is 3.07. The Morgan fingerprint density at radius 3 is 2.67 bits per heavy atom. The van der Waals surface area contributed by atoms with Crippen molar-refractivity contribution in [2.45, 2.75) is 53.0 Å². The molecule has 6 nitrogen and oxygen atoms in total. The summed E-state index contributed by atoms with van der Waals surface area (Å²) in [4.78, 5) is 21.3. The number of nitrogens with one attached hydrogen (secondary N) is 1. The fraction of sp³-hybridized carbons (Fsp3) is 0.429. The lowest BCUT2D eigenvalue weighted by molar-refractivity contribution is -0.120. The quantitative estimate of drug-likeness (QED) is 0.724. The molecule has 0 atom stereocenters. The van der Waals surface area contributed by atoms with E-state index in [-0.39, 0.29) is 11.8 Å². The van der Waals surface area contributed by atoms with E-state index in [0.29, 0.717) is 12.8 Å². The lowest BCUT2D eigenvalue weighted by atomic mass is 9.90. The molecule has 0 saturated heterocycles. The number of hydrogen-bond donors (Lipinski definition) is 1. The van der Waals surface area contributed by atoms with Crippen molar-refractivity contribution < 1.29 is 4.79 Å². The normalized spacial score (nSPS) is 11.3. The average molecular weight is 365 g/mol. The van der Waals surface area contributed by atoms with Gasteiger partial charge in [-0.2, -0.15) is 5.10 Å². The zero-order chi connectivity index (χ0) is 19.6. The van der Waals surface area contributed by atoms with Crippen molar-refractivity contribution in [2.75, 3.05) is 7.05 Å². The number of aryl methyl sites for hydroxylation is 2. The molecule has 0 aliphatic carbocycles. The monoisotopic (exact) mass is 365 g/mol. The summed E-state index contributed by atoms with van der Waals surface area (Å²) in [7, 11) is 1.67. The van der Waals surface area contributed by atoms with Crippen LogP contribution in [0.5, 0.6) is 0 Å². The number of carbonyl (C=O) groups excluding carboxylic acids is 1. The first kappa shape index (κ1) is 19.0. The largest absolute Gasteiger partial charge is 0.359 e. The van der Waals surface area contributed by atoms with Crippen LogP contribution >= 0.6 is 0 Å². The van der Waals surface area contributed by atoms with Crippen molar-refractivity contribution in [3.63, 3.8) is 0 Å². The molecule has 1 N–H and O–H groups in total. The van der Waals surface area contributed by atoms with Gasteiger partial charge in [0.25, 0.3) is 0 Å². The molecule has 27 heavy (non-hydrogen) atoms. The van der Waals surface area contributed by atoms with Crippen molar-refractivity contribution in [3.8, 4) is 11.1 Å². The Hall–Kier alpha value is -2.76. The highest BCUT2D eigenvalue weighted by atomic mass is 16.1. The second-order valence-corrected chi connectivity index (χ2v) is 7.13. The summed E-state index contributed by atoms with van der Waals surface area (Å²) in [5, 5.41) is 8.26. The highest BCUT2D eigenvalue weighted by molar-refractivity contribution is 5.95. The summed E-state index contributed by atoms with van der Waals surface area (Å²) in [6.45, 7) is 9.15. The first-order chi connectivity index (χ1) is 13.0. The molecule has 6 heteroatoms. The predicted molar refractivity (Wildman–Crippen MR) is 108 cm³/mol. The van der Waals surface area contributed by atoms with Crippen molar-refractivity contribution in [1.29, 1.82) is 0 Å². The highest BCUT2D eigenvalue weighted by Crippen LogP contribution is 2.36. The molecule has 0 aliphatic heterocycles. The van der Waals surface area contributed by atoms with E-state index >= 15 is 0 Å². The Kier molecular flexibility index (Phi) is 5.54. The fourth-order valence-corrected chi connectivity index (χ4v) is 3.49. The molecule has 0 aliphatic rings. The number of amides is 1. The van der Waals surface area contributed by atoms with E-state index in [1.165, 1.54) is 0 Å². The SMILES string of the molecule is CCn1ncc2c(-c3cncc(C)c3)c(CCC(=O)NC)c(C(C)C)nc21. The van der Waals surface area contributed by atoms with Crippen LogP contribution in [0.3, 0.4) is 0 Å². The minimum atomic E-state index is 0.0300. The zero-order valence-electron chi connectivity index (χ0n) is 16.7. The first-order valence-electron chi connectivity index (χ1n) is 9.47. The molecule has 3 heterocycles. The third-order valence-electron chi connectivity index (χ3n) is 4.81. The number of pyridine rings is 2. The molecule has 3 rings (SSSR count). The van der Waals surface area contributed by atoms with E-state index < -0.39 is 0 Å². The molecule has 0 radical (unpaired) electrons. The van der Waals surface area contributed by atoms with E-state index in [0.717, 1.165) is 45.5 Å². The standard InChI is InChI=1S/C21H27N5O/c1-6-26-21-17(12-24-26)19(15-9-14(4)10-23-11-15)16(7-8-18(27)22-5)20(25-21)13(2)3/h9-13H,6-8H2,1-5H3,(H,22,27). The van der Waals surface area contributed by atoms with Crippen molar-refractivity contribution in [1.82, 2.24) is 25.1 Å². The Bertz CT molecular complexity index is 974. The van der Waals surface area contributed by atoms with Gasteiger partial charge < -0.3 is 5.32 Å². The summed E-state index contributed by atoms with van der Waals surface area (Å²) >= 11 is 0. The summed E-state index contributed by atoms with van der Waals surface area (Å²) in [6, 6.07) is 2.14. The number of carbonyl (C=O) groups is 1. The van der Waals surface area contributed by atoms with E-state index in [4.69, 9.17) is 4.98 Å². The minimum Gasteiger partial charge on any atom is -0.359 e. The third kappa shape index (κ3) is 3.70. The van der Waals surface area contributed by atoms with Gasteiger partial charge >= 0.3 is 0 Å². The van der Waals surface area contributed by atoms with Gasteiger partial charge in [-0.05, 0) is 43.4 Å². The summed E-state index contributed by atoms with van der Waals surface area (Å²) in [5.41, 5.74) is 6.28. The van der Waals surface area contributed by atoms with Crippen LogP contribution in [-0.2, 0) is 17.8 Å². The van der Waals surface area contributed by atoms with E-state index in [1.807, 2.05) is 30.2 Å². The highest BCUT2D eigenvalue weighted by Gasteiger charge is 2.21. The second kappa shape index (κ2) is 7.86. The van der Waals surface area contributed by atoms with Gasteiger partial charge in [0.05, 0.1) is 6.20 Å². The molecule has 0 bridgehead atoms. The smallest absolute Gasteiger partial charge is 0.220 e. The van der Waals surface area contributed by atoms with Crippen LogP contribution in [0.25, 0.3) is 22.2 Å². The van der Waals surface area contributed by atoms with Gasteiger partial charge in [0.2, 0.25) is 5.91 Å². The van der Waals surface area contributed by atoms with Crippen molar-refractivity contribution in [2.24, 2.45) is 0 Å². The molecule has 1 amide bonds. The molecule has 0 unspecified atom stereocenters. The Morgan fingerprint density at radius 2 is 2.04 bits per heavy atom. The van der Waals surface area contributed by atoms with Gasteiger partial charge in [-0.3, -0.25) is 9.78 Å². The molecular formula is C21H27N5O. The number of rotatable bonds is 6. The lowest BCUT2D eigenvalue weighted by Gasteiger charge is -2.18. The fourth-order valence-electron chi connectivity index (χ4n) is 3.49. The summed E-state index contributed by atoms with van der Waals surface area (Å²) < 4.78 is 1.93. The van der Waals surface area contributed by atoms with E-state index in [1.54, 1.807) is 7.05 Å². The maximum Gasteiger partial charge on any atom is 0.220 e. The number of nitrogens with zero attached hydrogens (tertiary/aromatic N) is 4. The van der Waals surface area contributed by atoms with E-state index in [9.17, 15) is 4.79 Å². The number of aromatic nitrogens is 4. The number of fused-ring (bicyclic) bond motifs is 1. The Balaban J connectivity index is 2.32. The van der Waals surface area contributed by atoms with Gasteiger partial charge in [-0.1, -0.05) is 13.8 Å². The van der Waals surface area contributed by atoms with Crippen LogP contribution < -0.4 is 5.32 Å². The van der Waals surface area contributed by atoms with Crippen molar-refractivity contribution in [3.05, 3.63) is 41.5 Å². The molecule has 0 aromatic carbocycles. The van der Waals surface area contributed by atoms with Crippen LogP contribution in [0, 0.1) is 6.92 Å². The maximum absolute atomic E-state index is 11.9. The van der Waals surface area contributed by atoms with Crippen molar-refractivity contribution >= 4 is 16.9 Å².